The van der Waals surface area contributed by atoms with Crippen molar-refractivity contribution in [3.63, 3.8) is 0 Å². The lowest BCUT2D eigenvalue weighted by Crippen LogP contribution is -2.47. The minimum Gasteiger partial charge on any atom is -0.493 e. The van der Waals surface area contributed by atoms with E-state index < -0.39 is 0 Å². The molecule has 2 aromatic carbocycles. The largest absolute Gasteiger partial charge is 0.493 e. The predicted molar refractivity (Wildman–Crippen MR) is 108 cm³/mol. The van der Waals surface area contributed by atoms with Gasteiger partial charge in [-0.25, -0.2) is 0 Å². The Labute approximate surface area is 165 Å². The fraction of sp³-hybridized carbons (Fsp3) is 0.318. The number of amides is 1. The maximum atomic E-state index is 12.4. The van der Waals surface area contributed by atoms with Crippen LogP contribution >= 0.6 is 11.6 Å². The second kappa shape index (κ2) is 8.15. The first kappa shape index (κ1) is 18.1. The molecule has 1 fully saturated rings. The first-order valence-electron chi connectivity index (χ1n) is 9.37. The van der Waals surface area contributed by atoms with Crippen LogP contribution in [-0.2, 0) is 17.8 Å². The van der Waals surface area contributed by atoms with E-state index in [0.29, 0.717) is 5.02 Å². The molecule has 0 spiro atoms. The second-order valence-electron chi connectivity index (χ2n) is 7.03. The standard InChI is InChI=1S/C22H23ClN2O2/c23-20-3-1-2-17(15-20)5-7-22(26)25-11-9-24(10-12-25)16-18-4-6-21-19(14-18)8-13-27-21/h1-7,14-15H,8-13,16H2/b7-5+. The number of hydrogen-bond donors (Lipinski definition) is 0. The molecule has 0 aliphatic carbocycles. The number of hydrogen-bond acceptors (Lipinski definition) is 3. The molecule has 2 aliphatic rings. The average molecular weight is 383 g/mol. The summed E-state index contributed by atoms with van der Waals surface area (Å²) in [5, 5.41) is 0.677. The topological polar surface area (TPSA) is 32.8 Å². The highest BCUT2D eigenvalue weighted by Gasteiger charge is 2.20. The number of carbonyl (C=O) groups excluding carboxylic acids is 1. The monoisotopic (exact) mass is 382 g/mol. The highest BCUT2D eigenvalue weighted by Crippen LogP contribution is 2.26. The fourth-order valence-electron chi connectivity index (χ4n) is 3.61. The third kappa shape index (κ3) is 4.52. The first-order valence-corrected chi connectivity index (χ1v) is 9.75. The normalized spacial score (nSPS) is 17.1. The van der Waals surface area contributed by atoms with Gasteiger partial charge in [0.05, 0.1) is 6.61 Å². The molecule has 0 atom stereocenters. The van der Waals surface area contributed by atoms with Crippen molar-refractivity contribution in [1.29, 1.82) is 0 Å². The molecule has 140 valence electrons. The molecule has 4 nitrogen and oxygen atoms in total. The summed E-state index contributed by atoms with van der Waals surface area (Å²) in [7, 11) is 0. The molecule has 5 heteroatoms. The predicted octanol–water partition coefficient (Wildman–Crippen LogP) is 3.63. The second-order valence-corrected chi connectivity index (χ2v) is 7.47. The van der Waals surface area contributed by atoms with E-state index in [0.717, 1.165) is 57.1 Å². The van der Waals surface area contributed by atoms with E-state index in [1.165, 1.54) is 11.1 Å². The maximum Gasteiger partial charge on any atom is 0.246 e. The molecular weight excluding hydrogens is 360 g/mol. The number of rotatable bonds is 4. The van der Waals surface area contributed by atoms with E-state index in [-0.39, 0.29) is 5.91 Å². The lowest BCUT2D eigenvalue weighted by Gasteiger charge is -2.34. The molecular formula is C22H23ClN2O2. The SMILES string of the molecule is O=C(/C=C/c1cccc(Cl)c1)N1CCN(Cc2ccc3c(c2)CCO3)CC1. The lowest BCUT2D eigenvalue weighted by atomic mass is 10.1. The van der Waals surface area contributed by atoms with E-state index in [2.05, 4.69) is 23.1 Å². The van der Waals surface area contributed by atoms with Crippen molar-refractivity contribution in [2.24, 2.45) is 0 Å². The van der Waals surface area contributed by atoms with Crippen molar-refractivity contribution < 1.29 is 9.53 Å². The van der Waals surface area contributed by atoms with Crippen molar-refractivity contribution in [2.45, 2.75) is 13.0 Å². The van der Waals surface area contributed by atoms with Gasteiger partial charge in [-0.15, -0.1) is 0 Å². The number of fused-ring (bicyclic) bond motifs is 1. The zero-order valence-corrected chi connectivity index (χ0v) is 16.0. The number of benzene rings is 2. The third-order valence-electron chi connectivity index (χ3n) is 5.11. The average Bonchev–Trinajstić information content (AvgIpc) is 3.15. The van der Waals surface area contributed by atoms with Crippen molar-refractivity contribution >= 4 is 23.6 Å². The van der Waals surface area contributed by atoms with Crippen LogP contribution in [0.2, 0.25) is 5.02 Å². The van der Waals surface area contributed by atoms with Gasteiger partial charge in [-0.1, -0.05) is 35.9 Å². The van der Waals surface area contributed by atoms with E-state index in [9.17, 15) is 4.79 Å². The van der Waals surface area contributed by atoms with Gasteiger partial charge in [0.25, 0.3) is 0 Å². The van der Waals surface area contributed by atoms with Crippen LogP contribution in [0.5, 0.6) is 5.75 Å². The number of halogens is 1. The van der Waals surface area contributed by atoms with Crippen LogP contribution in [0.25, 0.3) is 6.08 Å². The van der Waals surface area contributed by atoms with Crippen LogP contribution in [0.15, 0.2) is 48.5 Å². The summed E-state index contributed by atoms with van der Waals surface area (Å²) in [5.41, 5.74) is 3.57. The number of carbonyl (C=O) groups is 1. The molecule has 27 heavy (non-hydrogen) atoms. The molecule has 0 N–H and O–H groups in total. The van der Waals surface area contributed by atoms with Gasteiger partial charge in [-0.3, -0.25) is 9.69 Å². The van der Waals surface area contributed by atoms with Crippen LogP contribution in [0.1, 0.15) is 16.7 Å². The zero-order chi connectivity index (χ0) is 18.6. The Hall–Kier alpha value is -2.30. The quantitative estimate of drug-likeness (QED) is 0.757. The first-order chi connectivity index (χ1) is 13.2. The third-order valence-corrected chi connectivity index (χ3v) is 5.35. The van der Waals surface area contributed by atoms with E-state index in [4.69, 9.17) is 16.3 Å². The Morgan fingerprint density at radius 2 is 1.96 bits per heavy atom. The Bertz CT molecular complexity index is 857. The summed E-state index contributed by atoms with van der Waals surface area (Å²) < 4.78 is 5.57. The molecule has 0 radical (unpaired) electrons. The Kier molecular flexibility index (Phi) is 5.46. The molecule has 2 heterocycles. The van der Waals surface area contributed by atoms with Gasteiger partial charge in [0.15, 0.2) is 0 Å². The Balaban J connectivity index is 1.29. The van der Waals surface area contributed by atoms with E-state index in [1.807, 2.05) is 35.2 Å². The molecule has 0 aromatic heterocycles. The Morgan fingerprint density at radius 3 is 2.78 bits per heavy atom. The summed E-state index contributed by atoms with van der Waals surface area (Å²) in [4.78, 5) is 16.7. The van der Waals surface area contributed by atoms with Crippen molar-refractivity contribution in [3.05, 3.63) is 70.3 Å². The van der Waals surface area contributed by atoms with Crippen LogP contribution in [0, 0.1) is 0 Å². The molecule has 2 aliphatic heterocycles. The summed E-state index contributed by atoms with van der Waals surface area (Å²) in [6, 6.07) is 14.0. The van der Waals surface area contributed by atoms with E-state index in [1.54, 1.807) is 6.08 Å². The van der Waals surface area contributed by atoms with Gasteiger partial charge in [0, 0.05) is 50.2 Å². The summed E-state index contributed by atoms with van der Waals surface area (Å²) >= 11 is 5.98. The Morgan fingerprint density at radius 1 is 1.11 bits per heavy atom. The molecule has 1 saturated heterocycles. The van der Waals surface area contributed by atoms with Gasteiger partial charge in [-0.05, 0) is 41.0 Å². The summed E-state index contributed by atoms with van der Waals surface area (Å²) in [5.74, 6) is 1.09. The van der Waals surface area contributed by atoms with Crippen LogP contribution in [-0.4, -0.2) is 48.5 Å². The fourth-order valence-corrected chi connectivity index (χ4v) is 3.80. The molecule has 0 saturated carbocycles. The molecule has 1 amide bonds. The van der Waals surface area contributed by atoms with Gasteiger partial charge in [-0.2, -0.15) is 0 Å². The summed E-state index contributed by atoms with van der Waals surface area (Å²) in [6.07, 6.45) is 4.47. The van der Waals surface area contributed by atoms with E-state index >= 15 is 0 Å². The number of nitrogens with zero attached hydrogens (tertiary/aromatic N) is 2. The minimum atomic E-state index is 0.0595. The lowest BCUT2D eigenvalue weighted by molar-refractivity contribution is -0.127. The van der Waals surface area contributed by atoms with Gasteiger partial charge in [0.2, 0.25) is 5.91 Å². The number of ether oxygens (including phenoxy) is 1. The zero-order valence-electron chi connectivity index (χ0n) is 15.2. The maximum absolute atomic E-state index is 12.4. The number of piperazine rings is 1. The van der Waals surface area contributed by atoms with Crippen molar-refractivity contribution in [3.8, 4) is 5.75 Å². The van der Waals surface area contributed by atoms with Crippen LogP contribution in [0.3, 0.4) is 0 Å². The minimum absolute atomic E-state index is 0.0595. The van der Waals surface area contributed by atoms with Gasteiger partial charge >= 0.3 is 0 Å². The molecule has 0 bridgehead atoms. The smallest absolute Gasteiger partial charge is 0.246 e. The molecule has 0 unspecified atom stereocenters. The van der Waals surface area contributed by atoms with Crippen molar-refractivity contribution in [2.75, 3.05) is 32.8 Å². The van der Waals surface area contributed by atoms with Crippen LogP contribution < -0.4 is 4.74 Å². The highest BCUT2D eigenvalue weighted by atomic mass is 35.5. The molecule has 4 rings (SSSR count). The van der Waals surface area contributed by atoms with Crippen LogP contribution in [0.4, 0.5) is 0 Å². The van der Waals surface area contributed by atoms with Crippen molar-refractivity contribution in [1.82, 2.24) is 9.80 Å². The van der Waals surface area contributed by atoms with Gasteiger partial charge < -0.3 is 9.64 Å². The highest BCUT2D eigenvalue weighted by molar-refractivity contribution is 6.30. The van der Waals surface area contributed by atoms with Gasteiger partial charge in [0.1, 0.15) is 5.75 Å². The summed E-state index contributed by atoms with van der Waals surface area (Å²) in [6.45, 7) is 5.02. The molecule has 2 aromatic rings.